The molecule has 142 valence electrons. The minimum Gasteiger partial charge on any atom is -0.356 e. The summed E-state index contributed by atoms with van der Waals surface area (Å²) in [5, 5.41) is 6.28. The van der Waals surface area contributed by atoms with Crippen LogP contribution in [0.1, 0.15) is 51.0 Å². The van der Waals surface area contributed by atoms with E-state index in [1.54, 1.807) is 0 Å². The molecule has 2 fully saturated rings. The summed E-state index contributed by atoms with van der Waals surface area (Å²) in [6.07, 6.45) is 6.00. The van der Waals surface area contributed by atoms with Crippen LogP contribution >= 0.6 is 0 Å². The van der Waals surface area contributed by atoms with Crippen molar-refractivity contribution >= 4 is 11.8 Å². The van der Waals surface area contributed by atoms with Gasteiger partial charge in [0.2, 0.25) is 11.8 Å². The lowest BCUT2D eigenvalue weighted by Gasteiger charge is -2.43. The van der Waals surface area contributed by atoms with Crippen molar-refractivity contribution in [1.82, 2.24) is 15.5 Å². The average Bonchev–Trinajstić information content (AvgIpc) is 2.63. The van der Waals surface area contributed by atoms with Crippen LogP contribution in [0, 0.1) is 5.92 Å². The minimum absolute atomic E-state index is 0.00915. The second-order valence-electron chi connectivity index (χ2n) is 7.72. The summed E-state index contributed by atoms with van der Waals surface area (Å²) in [5.41, 5.74) is 1.02. The Hall–Kier alpha value is -1.88. The maximum atomic E-state index is 12.7. The first-order valence-corrected chi connectivity index (χ1v) is 9.99. The normalized spacial score (nSPS) is 22.3. The van der Waals surface area contributed by atoms with Gasteiger partial charge in [0.05, 0.1) is 18.0 Å². The number of carbonyl (C=O) groups excluding carboxylic acids is 2. The van der Waals surface area contributed by atoms with Crippen molar-refractivity contribution in [3.8, 4) is 0 Å². The van der Waals surface area contributed by atoms with Gasteiger partial charge in [-0.15, -0.1) is 0 Å². The fourth-order valence-electron chi connectivity index (χ4n) is 4.09. The Bertz CT molecular complexity index is 613. The number of amides is 2. The molecule has 1 saturated heterocycles. The summed E-state index contributed by atoms with van der Waals surface area (Å²) in [6.45, 7) is 4.74. The van der Waals surface area contributed by atoms with E-state index in [4.69, 9.17) is 0 Å². The number of hydrogen-bond acceptors (Lipinski definition) is 3. The smallest absolute Gasteiger partial charge is 0.234 e. The van der Waals surface area contributed by atoms with E-state index in [9.17, 15) is 9.59 Å². The first-order valence-electron chi connectivity index (χ1n) is 9.99. The van der Waals surface area contributed by atoms with Crippen molar-refractivity contribution in [2.45, 2.75) is 51.0 Å². The third-order valence-electron chi connectivity index (χ3n) is 5.70. The van der Waals surface area contributed by atoms with Crippen LogP contribution in [0.4, 0.5) is 0 Å². The van der Waals surface area contributed by atoms with Gasteiger partial charge in [-0.1, -0.05) is 37.3 Å². The topological polar surface area (TPSA) is 61.4 Å². The molecule has 0 unspecified atom stereocenters. The van der Waals surface area contributed by atoms with E-state index >= 15 is 0 Å². The minimum atomic E-state index is -0.188. The lowest BCUT2D eigenvalue weighted by atomic mass is 9.72. The van der Waals surface area contributed by atoms with Crippen molar-refractivity contribution < 1.29 is 9.59 Å². The Morgan fingerprint density at radius 3 is 2.62 bits per heavy atom. The van der Waals surface area contributed by atoms with Crippen LogP contribution in [0.25, 0.3) is 0 Å². The predicted molar refractivity (Wildman–Crippen MR) is 103 cm³/mol. The molecule has 0 spiro atoms. The summed E-state index contributed by atoms with van der Waals surface area (Å²) in [6, 6.07) is 10.3. The number of piperidine rings is 1. The van der Waals surface area contributed by atoms with Crippen molar-refractivity contribution in [1.29, 1.82) is 0 Å². The van der Waals surface area contributed by atoms with Crippen LogP contribution in [-0.2, 0) is 15.1 Å². The number of nitrogens with zero attached hydrogens (tertiary/aromatic N) is 1. The molecule has 5 heteroatoms. The van der Waals surface area contributed by atoms with Gasteiger partial charge in [0.25, 0.3) is 0 Å². The van der Waals surface area contributed by atoms with E-state index in [-0.39, 0.29) is 23.3 Å². The predicted octanol–water partition coefficient (Wildman–Crippen LogP) is 2.42. The fourth-order valence-corrected chi connectivity index (χ4v) is 4.09. The molecule has 1 heterocycles. The maximum absolute atomic E-state index is 12.7. The van der Waals surface area contributed by atoms with Crippen LogP contribution in [0.3, 0.4) is 0 Å². The second-order valence-corrected chi connectivity index (χ2v) is 7.72. The van der Waals surface area contributed by atoms with Crippen molar-refractivity contribution in [2.24, 2.45) is 5.92 Å². The van der Waals surface area contributed by atoms with Crippen molar-refractivity contribution in [3.63, 3.8) is 0 Å². The standard InChI is InChI=1S/C21H31N3O2/c1-2-13-22-20(26)17-8-6-14-24(15-17)16-19(25)23-21(11-7-12-21)18-9-4-3-5-10-18/h3-5,9-10,17H,2,6-8,11-16H2,1H3,(H,22,26)(H,23,25)/t17-/m1/s1. The van der Waals surface area contributed by atoms with Gasteiger partial charge < -0.3 is 10.6 Å². The molecule has 3 rings (SSSR count). The molecule has 1 atom stereocenters. The van der Waals surface area contributed by atoms with Crippen LogP contribution in [-0.4, -0.2) is 42.9 Å². The Labute approximate surface area is 156 Å². The van der Waals surface area contributed by atoms with Gasteiger partial charge in [0, 0.05) is 13.1 Å². The molecule has 0 bridgehead atoms. The largest absolute Gasteiger partial charge is 0.356 e. The zero-order valence-electron chi connectivity index (χ0n) is 15.8. The molecule has 0 radical (unpaired) electrons. The number of rotatable bonds is 7. The van der Waals surface area contributed by atoms with Gasteiger partial charge in [0.15, 0.2) is 0 Å². The van der Waals surface area contributed by atoms with Crippen molar-refractivity contribution in [3.05, 3.63) is 35.9 Å². The Kier molecular flexibility index (Phi) is 6.30. The summed E-state index contributed by atoms with van der Waals surface area (Å²) in [7, 11) is 0. The highest BCUT2D eigenvalue weighted by molar-refractivity contribution is 5.80. The van der Waals surface area contributed by atoms with Crippen LogP contribution in [0.15, 0.2) is 30.3 Å². The van der Waals surface area contributed by atoms with Crippen LogP contribution < -0.4 is 10.6 Å². The molecular formula is C21H31N3O2. The van der Waals surface area contributed by atoms with E-state index in [1.165, 1.54) is 5.56 Å². The maximum Gasteiger partial charge on any atom is 0.234 e. The van der Waals surface area contributed by atoms with Gasteiger partial charge >= 0.3 is 0 Å². The summed E-state index contributed by atoms with van der Waals surface area (Å²) >= 11 is 0. The fraction of sp³-hybridized carbons (Fsp3) is 0.619. The third kappa shape index (κ3) is 4.44. The van der Waals surface area contributed by atoms with Gasteiger partial charge in [0.1, 0.15) is 0 Å². The average molecular weight is 357 g/mol. The highest BCUT2D eigenvalue weighted by Crippen LogP contribution is 2.41. The molecule has 1 aromatic carbocycles. The molecule has 5 nitrogen and oxygen atoms in total. The monoisotopic (exact) mass is 357 g/mol. The number of carbonyl (C=O) groups is 2. The number of hydrogen-bond donors (Lipinski definition) is 2. The van der Waals surface area contributed by atoms with E-state index in [0.29, 0.717) is 13.1 Å². The molecule has 1 aliphatic heterocycles. The van der Waals surface area contributed by atoms with Gasteiger partial charge in [-0.2, -0.15) is 0 Å². The molecule has 2 amide bonds. The van der Waals surface area contributed by atoms with E-state index in [2.05, 4.69) is 34.6 Å². The van der Waals surface area contributed by atoms with Gasteiger partial charge in [-0.3, -0.25) is 14.5 Å². The number of benzene rings is 1. The Morgan fingerprint density at radius 2 is 1.96 bits per heavy atom. The van der Waals surface area contributed by atoms with E-state index in [1.807, 2.05) is 18.2 Å². The van der Waals surface area contributed by atoms with Crippen LogP contribution in [0.2, 0.25) is 0 Å². The van der Waals surface area contributed by atoms with E-state index in [0.717, 1.165) is 51.6 Å². The zero-order chi connectivity index (χ0) is 18.4. The number of likely N-dealkylation sites (tertiary alicyclic amines) is 1. The van der Waals surface area contributed by atoms with Crippen molar-refractivity contribution in [2.75, 3.05) is 26.2 Å². The first kappa shape index (κ1) is 18.9. The lowest BCUT2D eigenvalue weighted by Crippen LogP contribution is -2.54. The number of nitrogens with one attached hydrogen (secondary N) is 2. The first-order chi connectivity index (χ1) is 12.6. The molecule has 1 aliphatic carbocycles. The molecule has 0 aromatic heterocycles. The molecule has 2 N–H and O–H groups in total. The lowest BCUT2D eigenvalue weighted by molar-refractivity contribution is -0.130. The SMILES string of the molecule is CCCNC(=O)[C@@H]1CCCN(CC(=O)NC2(c3ccccc3)CCC2)C1. The highest BCUT2D eigenvalue weighted by Gasteiger charge is 2.40. The summed E-state index contributed by atoms with van der Waals surface area (Å²) < 4.78 is 0. The summed E-state index contributed by atoms with van der Waals surface area (Å²) in [4.78, 5) is 27.0. The Morgan fingerprint density at radius 1 is 1.19 bits per heavy atom. The molecule has 2 aliphatic rings. The van der Waals surface area contributed by atoms with Gasteiger partial charge in [-0.25, -0.2) is 0 Å². The van der Waals surface area contributed by atoms with Gasteiger partial charge in [-0.05, 0) is 50.6 Å². The summed E-state index contributed by atoms with van der Waals surface area (Å²) in [5.74, 6) is 0.217. The van der Waals surface area contributed by atoms with Crippen LogP contribution in [0.5, 0.6) is 0 Å². The Balaban J connectivity index is 1.53. The molecule has 1 aromatic rings. The zero-order valence-corrected chi connectivity index (χ0v) is 15.8. The molecule has 1 saturated carbocycles. The molecule has 26 heavy (non-hydrogen) atoms. The second kappa shape index (κ2) is 8.67. The molecular weight excluding hydrogens is 326 g/mol. The van der Waals surface area contributed by atoms with E-state index < -0.39 is 0 Å². The quantitative estimate of drug-likeness (QED) is 0.788. The highest BCUT2D eigenvalue weighted by atomic mass is 16.2. The third-order valence-corrected chi connectivity index (χ3v) is 5.70.